The first-order valence-electron chi connectivity index (χ1n) is 9.52. The molecule has 1 aliphatic heterocycles. The summed E-state index contributed by atoms with van der Waals surface area (Å²) in [5, 5.41) is 4.85. The summed E-state index contributed by atoms with van der Waals surface area (Å²) >= 11 is 1.59. The molecule has 1 N–H and O–H groups in total. The molecular weight excluding hydrogens is 426 g/mol. The van der Waals surface area contributed by atoms with Crippen molar-refractivity contribution in [2.45, 2.75) is 11.4 Å². The fraction of sp³-hybridized carbons (Fsp3) is 0.474. The lowest BCUT2D eigenvalue weighted by molar-refractivity contribution is -0.117. The molecule has 1 aromatic heterocycles. The van der Waals surface area contributed by atoms with Crippen molar-refractivity contribution in [3.05, 3.63) is 34.8 Å². The Kier molecular flexibility index (Phi) is 7.42. The van der Waals surface area contributed by atoms with Crippen LogP contribution in [-0.2, 0) is 21.4 Å². The van der Waals surface area contributed by atoms with E-state index < -0.39 is 10.0 Å². The number of aromatic nitrogens is 1. The van der Waals surface area contributed by atoms with E-state index in [1.54, 1.807) is 23.5 Å². The summed E-state index contributed by atoms with van der Waals surface area (Å²) < 4.78 is 31.3. The first-order chi connectivity index (χ1) is 14.3. The van der Waals surface area contributed by atoms with Crippen molar-refractivity contribution in [1.29, 1.82) is 0 Å². The summed E-state index contributed by atoms with van der Waals surface area (Å²) in [4.78, 5) is 21.3. The van der Waals surface area contributed by atoms with Crippen molar-refractivity contribution in [2.75, 3.05) is 59.2 Å². The Hall–Kier alpha value is -2.05. The third-order valence-corrected chi connectivity index (χ3v) is 7.38. The highest BCUT2D eigenvalue weighted by atomic mass is 32.2. The Balaban J connectivity index is 1.56. The molecule has 0 bridgehead atoms. The Labute approximate surface area is 181 Å². The number of benzene rings is 1. The summed E-state index contributed by atoms with van der Waals surface area (Å²) in [6.45, 7) is 4.42. The second-order valence-corrected chi connectivity index (χ2v) is 10.1. The molecule has 11 heteroatoms. The lowest BCUT2D eigenvalue weighted by atomic mass is 10.2. The number of amides is 1. The molecule has 1 amide bonds. The molecule has 1 aromatic carbocycles. The summed E-state index contributed by atoms with van der Waals surface area (Å²) in [5.41, 5.74) is 3.34. The van der Waals surface area contributed by atoms with E-state index in [4.69, 9.17) is 4.74 Å². The highest BCUT2D eigenvalue weighted by Gasteiger charge is 2.24. The van der Waals surface area contributed by atoms with Crippen molar-refractivity contribution >= 4 is 33.0 Å². The number of sulfonamides is 1. The van der Waals surface area contributed by atoms with Gasteiger partial charge in [0.25, 0.3) is 0 Å². The van der Waals surface area contributed by atoms with Crippen LogP contribution in [0, 0.1) is 0 Å². The predicted molar refractivity (Wildman–Crippen MR) is 116 cm³/mol. The Morgan fingerprint density at radius 1 is 1.23 bits per heavy atom. The topological polar surface area (TPSA) is 95.1 Å². The largest absolute Gasteiger partial charge is 0.495 e. The molecule has 1 saturated heterocycles. The summed E-state index contributed by atoms with van der Waals surface area (Å²) in [6, 6.07) is 4.61. The van der Waals surface area contributed by atoms with E-state index in [0.29, 0.717) is 5.69 Å². The maximum atomic E-state index is 12.5. The van der Waals surface area contributed by atoms with Gasteiger partial charge in [-0.3, -0.25) is 14.6 Å². The molecule has 1 aliphatic rings. The van der Waals surface area contributed by atoms with Gasteiger partial charge in [0.2, 0.25) is 15.9 Å². The van der Waals surface area contributed by atoms with Crippen LogP contribution in [0.1, 0.15) is 5.69 Å². The third kappa shape index (κ3) is 5.55. The van der Waals surface area contributed by atoms with E-state index in [2.05, 4.69) is 25.5 Å². The molecule has 30 heavy (non-hydrogen) atoms. The van der Waals surface area contributed by atoms with E-state index in [-0.39, 0.29) is 23.1 Å². The lowest BCUT2D eigenvalue weighted by Crippen LogP contribution is -2.48. The van der Waals surface area contributed by atoms with Crippen molar-refractivity contribution in [1.82, 2.24) is 19.1 Å². The fourth-order valence-electron chi connectivity index (χ4n) is 3.21. The minimum absolute atomic E-state index is 0.0171. The number of nitrogens with zero attached hydrogens (tertiary/aromatic N) is 4. The van der Waals surface area contributed by atoms with Crippen LogP contribution in [0.5, 0.6) is 5.75 Å². The number of nitrogens with one attached hydrogen (secondary N) is 1. The number of thiazole rings is 1. The molecule has 164 valence electrons. The van der Waals surface area contributed by atoms with Crippen molar-refractivity contribution in [3.63, 3.8) is 0 Å². The molecule has 0 spiro atoms. The average molecular weight is 454 g/mol. The number of piperazine rings is 1. The van der Waals surface area contributed by atoms with Gasteiger partial charge in [-0.25, -0.2) is 17.7 Å². The molecule has 0 atom stereocenters. The zero-order chi connectivity index (χ0) is 21.7. The zero-order valence-electron chi connectivity index (χ0n) is 17.4. The van der Waals surface area contributed by atoms with Gasteiger partial charge in [-0.05, 0) is 18.2 Å². The lowest BCUT2D eigenvalue weighted by Gasteiger charge is -2.33. The molecule has 3 rings (SSSR count). The Bertz CT molecular complexity index is 955. The Morgan fingerprint density at radius 3 is 2.53 bits per heavy atom. The predicted octanol–water partition coefficient (Wildman–Crippen LogP) is 1.16. The molecular formula is C19H27N5O4S2. The fourth-order valence-corrected chi connectivity index (χ4v) is 4.83. The van der Waals surface area contributed by atoms with E-state index in [0.717, 1.165) is 42.7 Å². The standard InChI is InChI=1S/C19H27N5O4S2/c1-22(2)30(26,27)18-10-15(4-5-17(18)28-3)21-19(25)12-24-8-6-23(7-9-24)11-16-13-29-14-20-16/h4-5,10,13-14H,6-9,11-12H2,1-3H3,(H,21,25). The number of rotatable bonds is 8. The van der Waals surface area contributed by atoms with E-state index >= 15 is 0 Å². The molecule has 1 fully saturated rings. The summed E-state index contributed by atoms with van der Waals surface area (Å²) in [7, 11) is 0.622. The number of methoxy groups -OCH3 is 1. The van der Waals surface area contributed by atoms with Crippen molar-refractivity contribution < 1.29 is 17.9 Å². The van der Waals surface area contributed by atoms with Crippen LogP contribution < -0.4 is 10.1 Å². The van der Waals surface area contributed by atoms with Gasteiger partial charge in [0.15, 0.2) is 0 Å². The van der Waals surface area contributed by atoms with Crippen molar-refractivity contribution in [2.24, 2.45) is 0 Å². The highest BCUT2D eigenvalue weighted by Crippen LogP contribution is 2.28. The zero-order valence-corrected chi connectivity index (χ0v) is 19.0. The van der Waals surface area contributed by atoms with E-state index in [1.165, 1.54) is 27.3 Å². The van der Waals surface area contributed by atoms with Crippen LogP contribution in [0.25, 0.3) is 0 Å². The van der Waals surface area contributed by atoms with Crippen LogP contribution in [-0.4, -0.2) is 87.3 Å². The average Bonchev–Trinajstić information content (AvgIpc) is 3.22. The Morgan fingerprint density at radius 2 is 1.93 bits per heavy atom. The maximum absolute atomic E-state index is 12.5. The van der Waals surface area contributed by atoms with Gasteiger partial charge in [-0.2, -0.15) is 0 Å². The number of hydrogen-bond acceptors (Lipinski definition) is 8. The number of ether oxygens (including phenoxy) is 1. The van der Waals surface area contributed by atoms with Gasteiger partial charge in [-0.1, -0.05) is 0 Å². The molecule has 9 nitrogen and oxygen atoms in total. The summed E-state index contributed by atoms with van der Waals surface area (Å²) in [5.74, 6) is 0.0549. The molecule has 0 saturated carbocycles. The minimum Gasteiger partial charge on any atom is -0.495 e. The second kappa shape index (κ2) is 9.84. The number of carbonyl (C=O) groups is 1. The van der Waals surface area contributed by atoms with E-state index in [1.807, 2.05) is 5.51 Å². The van der Waals surface area contributed by atoms with Crippen LogP contribution in [0.2, 0.25) is 0 Å². The van der Waals surface area contributed by atoms with Crippen LogP contribution in [0.4, 0.5) is 5.69 Å². The van der Waals surface area contributed by atoms with E-state index in [9.17, 15) is 13.2 Å². The van der Waals surface area contributed by atoms with Crippen LogP contribution in [0.15, 0.2) is 34.0 Å². The molecule has 2 aromatic rings. The van der Waals surface area contributed by atoms with Gasteiger partial charge < -0.3 is 10.1 Å². The minimum atomic E-state index is -3.70. The SMILES string of the molecule is COc1ccc(NC(=O)CN2CCN(Cc3cscn3)CC2)cc1S(=O)(=O)N(C)C. The molecule has 0 aliphatic carbocycles. The monoisotopic (exact) mass is 453 g/mol. The first-order valence-corrected chi connectivity index (χ1v) is 11.9. The maximum Gasteiger partial charge on any atom is 0.246 e. The number of carbonyl (C=O) groups excluding carboxylic acids is 1. The first kappa shape index (κ1) is 22.6. The summed E-state index contributed by atoms with van der Waals surface area (Å²) in [6.07, 6.45) is 0. The van der Waals surface area contributed by atoms with Gasteiger partial charge in [0.1, 0.15) is 10.6 Å². The van der Waals surface area contributed by atoms with Crippen LogP contribution in [0.3, 0.4) is 0 Å². The molecule has 0 radical (unpaired) electrons. The highest BCUT2D eigenvalue weighted by molar-refractivity contribution is 7.89. The molecule has 2 heterocycles. The smallest absolute Gasteiger partial charge is 0.246 e. The second-order valence-electron chi connectivity index (χ2n) is 7.23. The molecule has 0 unspecified atom stereocenters. The third-order valence-electron chi connectivity index (χ3n) is 4.91. The number of hydrogen-bond donors (Lipinski definition) is 1. The number of anilines is 1. The van der Waals surface area contributed by atoms with Gasteiger partial charge >= 0.3 is 0 Å². The van der Waals surface area contributed by atoms with Gasteiger partial charge in [-0.15, -0.1) is 11.3 Å². The van der Waals surface area contributed by atoms with Crippen molar-refractivity contribution in [3.8, 4) is 5.75 Å². The normalized spacial score (nSPS) is 16.0. The van der Waals surface area contributed by atoms with Gasteiger partial charge in [0, 0.05) is 57.9 Å². The van der Waals surface area contributed by atoms with Crippen LogP contribution >= 0.6 is 11.3 Å². The quantitative estimate of drug-likeness (QED) is 0.641. The van der Waals surface area contributed by atoms with Gasteiger partial charge in [0.05, 0.1) is 24.9 Å².